The van der Waals surface area contributed by atoms with Gasteiger partial charge in [-0.25, -0.2) is 4.79 Å². The van der Waals surface area contributed by atoms with E-state index in [4.69, 9.17) is 4.74 Å². The molecule has 2 aromatic rings. The monoisotopic (exact) mass is 269 g/mol. The predicted molar refractivity (Wildman–Crippen MR) is 76.2 cm³/mol. The maximum Gasteiger partial charge on any atom is 0.342 e. The number of ether oxygens (including phenoxy) is 1. The van der Waals surface area contributed by atoms with Gasteiger partial charge in [0.25, 0.3) is 0 Å². The minimum atomic E-state index is -0.615. The molecule has 0 aliphatic heterocycles. The van der Waals surface area contributed by atoms with Crippen LogP contribution in [-0.4, -0.2) is 23.3 Å². The van der Waals surface area contributed by atoms with Gasteiger partial charge < -0.3 is 9.72 Å². The van der Waals surface area contributed by atoms with E-state index in [-0.39, 0.29) is 18.0 Å². The van der Waals surface area contributed by atoms with Crippen LogP contribution in [0.25, 0.3) is 6.08 Å². The molecular formula is C16H15NO3. The van der Waals surface area contributed by atoms with Crippen molar-refractivity contribution >= 4 is 17.8 Å². The molecule has 0 atom stereocenters. The molecule has 20 heavy (non-hydrogen) atoms. The fourth-order valence-corrected chi connectivity index (χ4v) is 1.76. The summed E-state index contributed by atoms with van der Waals surface area (Å²) >= 11 is 0. The Labute approximate surface area is 117 Å². The third kappa shape index (κ3) is 3.23. The Morgan fingerprint density at radius 2 is 1.90 bits per heavy atom. The summed E-state index contributed by atoms with van der Waals surface area (Å²) in [5, 5.41) is 0. The van der Waals surface area contributed by atoms with Crippen LogP contribution in [0.2, 0.25) is 0 Å². The van der Waals surface area contributed by atoms with Crippen molar-refractivity contribution in [3.8, 4) is 0 Å². The van der Waals surface area contributed by atoms with Crippen molar-refractivity contribution < 1.29 is 14.3 Å². The number of esters is 1. The third-order valence-corrected chi connectivity index (χ3v) is 2.70. The van der Waals surface area contributed by atoms with E-state index in [1.807, 2.05) is 6.07 Å². The average Bonchev–Trinajstić information content (AvgIpc) is 2.98. The van der Waals surface area contributed by atoms with Crippen LogP contribution in [0.1, 0.15) is 23.0 Å². The maximum atomic E-state index is 12.4. The van der Waals surface area contributed by atoms with Crippen molar-refractivity contribution in [3.05, 3.63) is 65.5 Å². The Morgan fingerprint density at radius 3 is 2.50 bits per heavy atom. The number of hydrogen-bond donors (Lipinski definition) is 1. The molecule has 1 aromatic heterocycles. The number of nitrogens with one attached hydrogen (secondary N) is 1. The summed E-state index contributed by atoms with van der Waals surface area (Å²) < 4.78 is 4.95. The quantitative estimate of drug-likeness (QED) is 0.298. The predicted octanol–water partition coefficient (Wildman–Crippen LogP) is 2.84. The molecule has 1 heterocycles. The first-order chi connectivity index (χ1) is 9.72. The number of aromatic amines is 1. The lowest BCUT2D eigenvalue weighted by Crippen LogP contribution is -2.16. The van der Waals surface area contributed by atoms with Crippen LogP contribution < -0.4 is 0 Å². The third-order valence-electron chi connectivity index (χ3n) is 2.70. The first kappa shape index (κ1) is 13.8. The van der Waals surface area contributed by atoms with E-state index < -0.39 is 5.97 Å². The zero-order valence-electron chi connectivity index (χ0n) is 11.1. The summed E-state index contributed by atoms with van der Waals surface area (Å²) in [6, 6.07) is 12.2. The molecule has 0 fully saturated rings. The van der Waals surface area contributed by atoms with Crippen LogP contribution in [0.3, 0.4) is 0 Å². The smallest absolute Gasteiger partial charge is 0.342 e. The van der Waals surface area contributed by atoms with Crippen molar-refractivity contribution in [2.45, 2.75) is 6.92 Å². The van der Waals surface area contributed by atoms with Gasteiger partial charge in [0.2, 0.25) is 0 Å². The molecule has 4 nitrogen and oxygen atoms in total. The largest absolute Gasteiger partial charge is 0.462 e. The molecule has 0 amide bonds. The van der Waals surface area contributed by atoms with Crippen LogP contribution in [-0.2, 0) is 9.53 Å². The van der Waals surface area contributed by atoms with E-state index in [1.54, 1.807) is 49.5 Å². The molecule has 0 unspecified atom stereocenters. The second-order valence-electron chi connectivity index (χ2n) is 4.10. The summed E-state index contributed by atoms with van der Waals surface area (Å²) in [6.45, 7) is 1.93. The lowest BCUT2D eigenvalue weighted by atomic mass is 10.0. The molecule has 4 heteroatoms. The maximum absolute atomic E-state index is 12.4. The number of carbonyl (C=O) groups excluding carboxylic acids is 2. The lowest BCUT2D eigenvalue weighted by molar-refractivity contribution is -0.137. The van der Waals surface area contributed by atoms with Crippen molar-refractivity contribution in [1.82, 2.24) is 4.98 Å². The minimum Gasteiger partial charge on any atom is -0.462 e. The molecule has 0 aliphatic rings. The molecule has 0 saturated heterocycles. The van der Waals surface area contributed by atoms with Gasteiger partial charge in [-0.2, -0.15) is 0 Å². The van der Waals surface area contributed by atoms with Crippen molar-refractivity contribution in [1.29, 1.82) is 0 Å². The van der Waals surface area contributed by atoms with E-state index in [2.05, 4.69) is 4.98 Å². The molecule has 0 radical (unpaired) electrons. The van der Waals surface area contributed by atoms with Gasteiger partial charge in [0, 0.05) is 17.5 Å². The van der Waals surface area contributed by atoms with Gasteiger partial charge in [0.1, 0.15) is 5.57 Å². The average molecular weight is 269 g/mol. The second kappa shape index (κ2) is 6.52. The molecule has 2 rings (SSSR count). The molecule has 1 N–H and O–H groups in total. The zero-order valence-corrected chi connectivity index (χ0v) is 11.1. The van der Waals surface area contributed by atoms with Gasteiger partial charge in [-0.15, -0.1) is 0 Å². The Morgan fingerprint density at radius 1 is 1.15 bits per heavy atom. The molecule has 0 aliphatic carbocycles. The van der Waals surface area contributed by atoms with E-state index in [0.29, 0.717) is 11.3 Å². The standard InChI is InChI=1S/C16H15NO3/c1-2-20-16(19)14(11-13-9-6-10-17-13)15(18)12-7-4-3-5-8-12/h3-11,17H,2H2,1H3/b14-11-. The highest BCUT2D eigenvalue weighted by atomic mass is 16.5. The van der Waals surface area contributed by atoms with E-state index >= 15 is 0 Å². The number of carbonyl (C=O) groups is 2. The van der Waals surface area contributed by atoms with Gasteiger partial charge in [-0.05, 0) is 25.1 Å². The summed E-state index contributed by atoms with van der Waals surface area (Å²) in [5.41, 5.74) is 1.15. The van der Waals surface area contributed by atoms with Gasteiger partial charge >= 0.3 is 5.97 Å². The number of benzene rings is 1. The van der Waals surface area contributed by atoms with E-state index in [9.17, 15) is 9.59 Å². The lowest BCUT2D eigenvalue weighted by Gasteiger charge is -2.06. The number of rotatable bonds is 5. The number of ketones is 1. The summed E-state index contributed by atoms with van der Waals surface area (Å²) in [6.07, 6.45) is 3.23. The highest BCUT2D eigenvalue weighted by molar-refractivity contribution is 6.26. The van der Waals surface area contributed by atoms with Gasteiger partial charge in [0.15, 0.2) is 5.78 Å². The van der Waals surface area contributed by atoms with Crippen LogP contribution in [0.15, 0.2) is 54.2 Å². The van der Waals surface area contributed by atoms with Gasteiger partial charge in [-0.3, -0.25) is 4.79 Å². The molecule has 0 spiro atoms. The number of H-pyrrole nitrogens is 1. The van der Waals surface area contributed by atoms with E-state index in [1.165, 1.54) is 6.08 Å². The number of aromatic nitrogens is 1. The molecule has 0 bridgehead atoms. The molecule has 0 saturated carbocycles. The van der Waals surface area contributed by atoms with Crippen LogP contribution in [0.4, 0.5) is 0 Å². The Kier molecular flexibility index (Phi) is 4.50. The van der Waals surface area contributed by atoms with Crippen molar-refractivity contribution in [2.24, 2.45) is 0 Å². The van der Waals surface area contributed by atoms with Crippen LogP contribution in [0.5, 0.6) is 0 Å². The minimum absolute atomic E-state index is 0.0144. The summed E-state index contributed by atoms with van der Waals surface area (Å²) in [7, 11) is 0. The van der Waals surface area contributed by atoms with Crippen molar-refractivity contribution in [2.75, 3.05) is 6.61 Å². The normalized spacial score (nSPS) is 11.2. The van der Waals surface area contributed by atoms with Gasteiger partial charge in [0.05, 0.1) is 6.61 Å². The number of Topliss-reactive ketones (excluding diaryl/α,β-unsaturated/α-hetero) is 1. The number of hydrogen-bond acceptors (Lipinski definition) is 3. The summed E-state index contributed by atoms with van der Waals surface area (Å²) in [4.78, 5) is 27.3. The topological polar surface area (TPSA) is 59.2 Å². The van der Waals surface area contributed by atoms with E-state index in [0.717, 1.165) is 0 Å². The SMILES string of the molecule is CCOC(=O)/C(=C\c1ccc[nH]1)C(=O)c1ccccc1. The highest BCUT2D eigenvalue weighted by Crippen LogP contribution is 2.13. The highest BCUT2D eigenvalue weighted by Gasteiger charge is 2.21. The summed E-state index contributed by atoms with van der Waals surface area (Å²) in [5.74, 6) is -0.963. The molecule has 1 aromatic carbocycles. The zero-order chi connectivity index (χ0) is 14.4. The first-order valence-corrected chi connectivity index (χ1v) is 6.34. The molecule has 102 valence electrons. The fourth-order valence-electron chi connectivity index (χ4n) is 1.76. The van der Waals surface area contributed by atoms with Gasteiger partial charge in [-0.1, -0.05) is 30.3 Å². The van der Waals surface area contributed by atoms with Crippen LogP contribution >= 0.6 is 0 Å². The Balaban J connectivity index is 2.37. The van der Waals surface area contributed by atoms with Crippen LogP contribution in [0, 0.1) is 0 Å². The Hall–Kier alpha value is -2.62. The second-order valence-corrected chi connectivity index (χ2v) is 4.10. The molecular weight excluding hydrogens is 254 g/mol. The Bertz CT molecular complexity index is 612. The fraction of sp³-hybridized carbons (Fsp3) is 0.125. The first-order valence-electron chi connectivity index (χ1n) is 6.34. The van der Waals surface area contributed by atoms with Crippen molar-refractivity contribution in [3.63, 3.8) is 0 Å².